The summed E-state index contributed by atoms with van der Waals surface area (Å²) < 4.78 is 19.4. The lowest BCUT2D eigenvalue weighted by Gasteiger charge is -2.14. The summed E-state index contributed by atoms with van der Waals surface area (Å²) in [5, 5.41) is 10.3. The molecule has 0 saturated heterocycles. The molecule has 0 bridgehead atoms. The van der Waals surface area contributed by atoms with Crippen LogP contribution in [0.25, 0.3) is 0 Å². The van der Waals surface area contributed by atoms with Crippen molar-refractivity contribution in [3.63, 3.8) is 0 Å². The van der Waals surface area contributed by atoms with Gasteiger partial charge in [0.25, 0.3) is 0 Å². The molecule has 0 aliphatic carbocycles. The third kappa shape index (κ3) is 4.16. The van der Waals surface area contributed by atoms with Crippen LogP contribution in [0.4, 0.5) is 4.39 Å². The molecule has 21 heavy (non-hydrogen) atoms. The summed E-state index contributed by atoms with van der Waals surface area (Å²) in [5.74, 6) is 0.0777. The molecule has 1 atom stereocenters. The Hall–Kier alpha value is -1.65. The molecule has 0 aliphatic rings. The van der Waals surface area contributed by atoms with Gasteiger partial charge in [0, 0.05) is 18.2 Å². The van der Waals surface area contributed by atoms with Gasteiger partial charge in [-0.15, -0.1) is 0 Å². The maximum atomic E-state index is 13.8. The molecule has 1 unspecified atom stereocenters. The topological polar surface area (TPSA) is 42.4 Å². The van der Waals surface area contributed by atoms with Crippen LogP contribution in [0.2, 0.25) is 5.02 Å². The summed E-state index contributed by atoms with van der Waals surface area (Å²) in [7, 11) is 0. The Morgan fingerprint density at radius 1 is 1.33 bits per heavy atom. The molecule has 2 rings (SSSR count). The van der Waals surface area contributed by atoms with E-state index in [4.69, 9.17) is 16.3 Å². The van der Waals surface area contributed by atoms with Crippen molar-refractivity contribution in [1.82, 2.24) is 4.98 Å². The van der Waals surface area contributed by atoms with Crippen molar-refractivity contribution in [2.75, 3.05) is 0 Å². The average molecular weight is 310 g/mol. The second kappa shape index (κ2) is 6.87. The van der Waals surface area contributed by atoms with Crippen LogP contribution in [0.3, 0.4) is 0 Å². The predicted octanol–water partition coefficient (Wildman–Crippen LogP) is 3.94. The van der Waals surface area contributed by atoms with Gasteiger partial charge in [-0.25, -0.2) is 4.39 Å². The zero-order chi connectivity index (χ0) is 15.4. The minimum absolute atomic E-state index is 0.0181. The second-order valence-electron chi connectivity index (χ2n) is 5.05. The first-order valence-electron chi connectivity index (χ1n) is 6.70. The van der Waals surface area contributed by atoms with Crippen molar-refractivity contribution in [3.8, 4) is 5.75 Å². The number of rotatable bonds is 5. The molecule has 1 aromatic carbocycles. The number of halogens is 2. The van der Waals surface area contributed by atoms with E-state index < -0.39 is 11.9 Å². The molecule has 0 amide bonds. The predicted molar refractivity (Wildman–Crippen MR) is 80.1 cm³/mol. The highest BCUT2D eigenvalue weighted by Crippen LogP contribution is 2.25. The lowest BCUT2D eigenvalue weighted by Crippen LogP contribution is -2.08. The van der Waals surface area contributed by atoms with E-state index in [0.717, 1.165) is 0 Å². The van der Waals surface area contributed by atoms with Gasteiger partial charge < -0.3 is 9.84 Å². The van der Waals surface area contributed by atoms with Crippen LogP contribution in [0.5, 0.6) is 5.75 Å². The van der Waals surface area contributed by atoms with Crippen molar-refractivity contribution in [2.24, 2.45) is 0 Å². The minimum atomic E-state index is -0.874. The van der Waals surface area contributed by atoms with Gasteiger partial charge >= 0.3 is 0 Å². The smallest absolute Gasteiger partial charge is 0.145 e. The van der Waals surface area contributed by atoms with Gasteiger partial charge in [0.05, 0.1) is 23.4 Å². The first-order chi connectivity index (χ1) is 9.97. The van der Waals surface area contributed by atoms with E-state index in [1.807, 2.05) is 13.8 Å². The molecule has 112 valence electrons. The summed E-state index contributed by atoms with van der Waals surface area (Å²) in [5.41, 5.74) is 0.942. The van der Waals surface area contributed by atoms with E-state index in [0.29, 0.717) is 16.9 Å². The fourth-order valence-corrected chi connectivity index (χ4v) is 2.18. The molecule has 0 saturated carbocycles. The third-order valence-electron chi connectivity index (χ3n) is 2.94. The largest absolute Gasteiger partial charge is 0.489 e. The van der Waals surface area contributed by atoms with Crippen molar-refractivity contribution in [2.45, 2.75) is 32.5 Å². The van der Waals surface area contributed by atoms with E-state index in [9.17, 15) is 9.50 Å². The Balaban J connectivity index is 2.16. The number of aliphatic hydroxyl groups excluding tert-OH is 1. The van der Waals surface area contributed by atoms with Gasteiger partial charge in [-0.3, -0.25) is 4.98 Å². The van der Waals surface area contributed by atoms with Gasteiger partial charge in [-0.1, -0.05) is 23.7 Å². The zero-order valence-electron chi connectivity index (χ0n) is 11.9. The Bertz CT molecular complexity index is 619. The minimum Gasteiger partial charge on any atom is -0.489 e. The summed E-state index contributed by atoms with van der Waals surface area (Å²) in [4.78, 5) is 4.04. The first kappa shape index (κ1) is 15.7. The van der Waals surface area contributed by atoms with Crippen LogP contribution in [-0.2, 0) is 6.42 Å². The Morgan fingerprint density at radius 2 is 2.10 bits per heavy atom. The molecule has 0 fully saturated rings. The highest BCUT2D eigenvalue weighted by molar-refractivity contribution is 6.30. The van der Waals surface area contributed by atoms with Crippen LogP contribution in [0, 0.1) is 5.82 Å². The van der Waals surface area contributed by atoms with Gasteiger partial charge in [0.2, 0.25) is 0 Å². The molecule has 1 aromatic heterocycles. The number of hydrogen-bond donors (Lipinski definition) is 1. The van der Waals surface area contributed by atoms with Gasteiger partial charge in [0.1, 0.15) is 11.6 Å². The lowest BCUT2D eigenvalue weighted by molar-refractivity contribution is 0.175. The van der Waals surface area contributed by atoms with Crippen molar-refractivity contribution in [1.29, 1.82) is 0 Å². The van der Waals surface area contributed by atoms with E-state index in [2.05, 4.69) is 4.98 Å². The van der Waals surface area contributed by atoms with Gasteiger partial charge in [-0.2, -0.15) is 0 Å². The van der Waals surface area contributed by atoms with Crippen molar-refractivity contribution in [3.05, 3.63) is 58.6 Å². The highest BCUT2D eigenvalue weighted by atomic mass is 35.5. The fourth-order valence-electron chi connectivity index (χ4n) is 1.99. The first-order valence-corrected chi connectivity index (χ1v) is 7.07. The second-order valence-corrected chi connectivity index (χ2v) is 5.46. The monoisotopic (exact) mass is 309 g/mol. The molecule has 0 radical (unpaired) electrons. The molecule has 1 N–H and O–H groups in total. The molecule has 3 nitrogen and oxygen atoms in total. The standard InChI is InChI=1S/C16H17ClFNO2/c1-10(2)21-13-6-12(8-19-9-13)15(20)7-11-4-3-5-14(17)16(11)18/h3-6,8-10,15,20H,7H2,1-2H3. The van der Waals surface area contributed by atoms with Crippen LogP contribution < -0.4 is 4.74 Å². The summed E-state index contributed by atoms with van der Waals surface area (Å²) >= 11 is 5.74. The van der Waals surface area contributed by atoms with E-state index in [1.165, 1.54) is 6.07 Å². The average Bonchev–Trinajstić information content (AvgIpc) is 2.43. The number of nitrogens with zero attached hydrogens (tertiary/aromatic N) is 1. The molecule has 0 aliphatic heterocycles. The van der Waals surface area contributed by atoms with Crippen molar-refractivity contribution >= 4 is 11.6 Å². The van der Waals surface area contributed by atoms with Crippen LogP contribution in [0.1, 0.15) is 31.1 Å². The van der Waals surface area contributed by atoms with Crippen molar-refractivity contribution < 1.29 is 14.2 Å². The van der Waals surface area contributed by atoms with Crippen LogP contribution in [0.15, 0.2) is 36.7 Å². The molecule has 1 heterocycles. The number of aromatic nitrogens is 1. The number of pyridine rings is 1. The Morgan fingerprint density at radius 3 is 2.81 bits per heavy atom. The highest BCUT2D eigenvalue weighted by Gasteiger charge is 2.14. The molecule has 0 spiro atoms. The number of hydrogen-bond acceptors (Lipinski definition) is 3. The summed E-state index contributed by atoms with van der Waals surface area (Å²) in [6.45, 7) is 3.81. The molecular formula is C16H17ClFNO2. The van der Waals surface area contributed by atoms with Crippen LogP contribution in [-0.4, -0.2) is 16.2 Å². The number of aliphatic hydroxyl groups is 1. The molecule has 5 heteroatoms. The summed E-state index contributed by atoms with van der Waals surface area (Å²) in [6, 6.07) is 6.45. The van der Waals surface area contributed by atoms with E-state index in [1.54, 1.807) is 30.6 Å². The maximum absolute atomic E-state index is 13.8. The molecule has 2 aromatic rings. The van der Waals surface area contributed by atoms with E-state index >= 15 is 0 Å². The molecular weight excluding hydrogens is 293 g/mol. The quantitative estimate of drug-likeness (QED) is 0.909. The Labute approximate surface area is 128 Å². The Kier molecular flexibility index (Phi) is 5.15. The number of ether oxygens (including phenoxy) is 1. The zero-order valence-corrected chi connectivity index (χ0v) is 12.6. The third-order valence-corrected chi connectivity index (χ3v) is 3.23. The normalized spacial score (nSPS) is 12.5. The maximum Gasteiger partial charge on any atom is 0.145 e. The van der Waals surface area contributed by atoms with Crippen LogP contribution >= 0.6 is 11.6 Å². The number of benzene rings is 1. The fraction of sp³-hybridized carbons (Fsp3) is 0.312. The van der Waals surface area contributed by atoms with Gasteiger partial charge in [0.15, 0.2) is 0 Å². The van der Waals surface area contributed by atoms with Gasteiger partial charge in [-0.05, 0) is 31.5 Å². The van der Waals surface area contributed by atoms with E-state index in [-0.39, 0.29) is 17.5 Å². The summed E-state index contributed by atoms with van der Waals surface area (Å²) in [6.07, 6.45) is 2.39. The SMILES string of the molecule is CC(C)Oc1cncc(C(O)Cc2cccc(Cl)c2F)c1. The lowest BCUT2D eigenvalue weighted by atomic mass is 10.0.